The average Bonchev–Trinajstić information content (AvgIpc) is 4.08. The molecule has 1 fully saturated rings. The Kier molecular flexibility index (Phi) is 20.8. The van der Waals surface area contributed by atoms with Gasteiger partial charge in [0.2, 0.25) is 17.7 Å². The van der Waals surface area contributed by atoms with E-state index in [4.69, 9.17) is 30.8 Å². The van der Waals surface area contributed by atoms with Crippen molar-refractivity contribution in [3.63, 3.8) is 0 Å². The van der Waals surface area contributed by atoms with Gasteiger partial charge in [0, 0.05) is 79.0 Å². The smallest absolute Gasteiger partial charge is 0.251 e. The Morgan fingerprint density at radius 1 is 0.838 bits per heavy atom. The lowest BCUT2D eigenvalue weighted by atomic mass is 9.85. The molecule has 0 spiro atoms. The van der Waals surface area contributed by atoms with Crippen molar-refractivity contribution in [3.05, 3.63) is 158 Å². The third-order valence-electron chi connectivity index (χ3n) is 13.8. The van der Waals surface area contributed by atoms with Crippen molar-refractivity contribution in [2.75, 3.05) is 52.7 Å². The Morgan fingerprint density at radius 3 is 2.24 bits per heavy atom. The standard InChI is InChI=1S/C60H67ClF2N8O8S/c1-37-55(80-36-68-37)40-16-14-39(15-17-40)32-67-58(75)49-31-44(72)35-71(49)59(76)56(60(2,3)4)70-51(73)11-6-5-7-23-77-25-27-79-28-26-78-24-22-64-57(74)41-18-12-38(13-19-41)29-50-65-33-42-34-66-54(52-47(62)9-8-10-48(52)63)46-30-43(61)20-21-45(46)53(42)69-50/h8-10,12-21,30,33,36,44,49,56,72H,5-7,11,22-29,31-32,34-35H2,1-4H3,(H,64,74)(H,67,75)(H,70,73)/t44-,49+,56-/m1/s1. The number of nitrogens with one attached hydrogen (secondary N) is 3. The summed E-state index contributed by atoms with van der Waals surface area (Å²) >= 11 is 7.94. The van der Waals surface area contributed by atoms with Crippen LogP contribution in [0, 0.1) is 24.0 Å². The van der Waals surface area contributed by atoms with Crippen LogP contribution in [0.2, 0.25) is 5.02 Å². The van der Waals surface area contributed by atoms with Crippen molar-refractivity contribution in [2.45, 2.75) is 97.5 Å². The van der Waals surface area contributed by atoms with E-state index in [9.17, 15) is 33.1 Å². The number of ether oxygens (including phenoxy) is 3. The number of benzene rings is 4. The van der Waals surface area contributed by atoms with Gasteiger partial charge in [-0.05, 0) is 78.3 Å². The lowest BCUT2D eigenvalue weighted by Crippen LogP contribution is -2.57. The minimum absolute atomic E-state index is 0.00401. The molecule has 2 aliphatic rings. The minimum Gasteiger partial charge on any atom is -0.391 e. The molecular weight excluding hydrogens is 1070 g/mol. The Morgan fingerprint density at radius 2 is 1.54 bits per heavy atom. The Labute approximate surface area is 473 Å². The number of hydrogen-bond donors (Lipinski definition) is 4. The highest BCUT2D eigenvalue weighted by molar-refractivity contribution is 7.13. The van der Waals surface area contributed by atoms with Gasteiger partial charge in [0.15, 0.2) is 0 Å². The van der Waals surface area contributed by atoms with E-state index in [0.717, 1.165) is 40.1 Å². The number of aliphatic imine (C=N–C) groups is 1. The molecule has 2 aromatic heterocycles. The summed E-state index contributed by atoms with van der Waals surface area (Å²) in [4.78, 5) is 74.3. The largest absolute Gasteiger partial charge is 0.391 e. The predicted octanol–water partition coefficient (Wildman–Crippen LogP) is 8.60. The highest BCUT2D eigenvalue weighted by Gasteiger charge is 2.44. The molecule has 4 aromatic carbocycles. The van der Waals surface area contributed by atoms with Gasteiger partial charge in [-0.15, -0.1) is 11.3 Å². The van der Waals surface area contributed by atoms with Gasteiger partial charge < -0.3 is 40.2 Å². The number of aliphatic hydroxyl groups excluding tert-OH is 1. The molecule has 1 saturated heterocycles. The van der Waals surface area contributed by atoms with Crippen molar-refractivity contribution in [1.82, 2.24) is 35.8 Å². The second kappa shape index (κ2) is 28.0. The van der Waals surface area contributed by atoms with E-state index < -0.39 is 41.1 Å². The zero-order chi connectivity index (χ0) is 56.8. The highest BCUT2D eigenvalue weighted by Crippen LogP contribution is 2.35. The van der Waals surface area contributed by atoms with Gasteiger partial charge in [-0.3, -0.25) is 24.2 Å². The van der Waals surface area contributed by atoms with Crippen molar-refractivity contribution >= 4 is 52.3 Å². The van der Waals surface area contributed by atoms with Crippen molar-refractivity contribution in [1.29, 1.82) is 0 Å². The Balaban J connectivity index is 0.661. The number of aryl methyl sites for hydroxylation is 1. The Hall–Kier alpha value is -6.87. The first-order chi connectivity index (χ1) is 38.5. The second-order valence-corrected chi connectivity index (χ2v) is 22.1. The van der Waals surface area contributed by atoms with Gasteiger partial charge in [-0.25, -0.2) is 23.7 Å². The number of amides is 4. The number of fused-ring (bicyclic) bond motifs is 3. The van der Waals surface area contributed by atoms with Crippen LogP contribution in [0.5, 0.6) is 0 Å². The maximum atomic E-state index is 15.0. The summed E-state index contributed by atoms with van der Waals surface area (Å²) in [7, 11) is 0. The van der Waals surface area contributed by atoms with Crippen LogP contribution >= 0.6 is 22.9 Å². The van der Waals surface area contributed by atoms with Gasteiger partial charge in [-0.2, -0.15) is 0 Å². The second-order valence-electron chi connectivity index (χ2n) is 20.8. The molecule has 4 N–H and O–H groups in total. The fourth-order valence-electron chi connectivity index (χ4n) is 9.50. The molecule has 0 aliphatic carbocycles. The quantitative estimate of drug-likeness (QED) is 0.0400. The SMILES string of the molecule is Cc1ncsc1-c1ccc(CNC(=O)[C@@H]2C[C@@H](O)CN2C(=O)[C@@H](NC(=O)CCCCCOCCOCCOCCNC(=O)c2ccc(Cc3ncc4c(n3)-c3ccc(Cl)cc3C(c3c(F)cccc3F)=NC4)cc2)C(C)(C)C)cc1. The molecule has 0 unspecified atom stereocenters. The van der Waals surface area contributed by atoms with Crippen LogP contribution in [0.25, 0.3) is 21.7 Å². The van der Waals surface area contributed by atoms with Crippen LogP contribution in [0.3, 0.4) is 0 Å². The number of β-amino-alcohol motifs (C(OH)–C–C–N with tert-alkyl or cyclic N) is 1. The van der Waals surface area contributed by atoms with Gasteiger partial charge >= 0.3 is 0 Å². The fraction of sp³-hybridized carbons (Fsp3) is 0.400. The van der Waals surface area contributed by atoms with Crippen molar-refractivity contribution < 1.29 is 47.3 Å². The molecule has 0 bridgehead atoms. The molecule has 0 radical (unpaired) electrons. The number of nitrogens with zero attached hydrogens (tertiary/aromatic N) is 5. The van der Waals surface area contributed by atoms with Crippen molar-refractivity contribution in [2.24, 2.45) is 10.4 Å². The number of aromatic nitrogens is 3. The van der Waals surface area contributed by atoms with Crippen LogP contribution in [-0.2, 0) is 48.1 Å². The molecule has 6 aromatic rings. The summed E-state index contributed by atoms with van der Waals surface area (Å²) in [6.45, 7) is 10.5. The maximum Gasteiger partial charge on any atom is 0.251 e. The van der Waals surface area contributed by atoms with Crippen molar-refractivity contribution in [3.8, 4) is 21.7 Å². The normalized spacial score (nSPS) is 15.3. The minimum atomic E-state index is -0.894. The highest BCUT2D eigenvalue weighted by atomic mass is 35.5. The molecule has 0 saturated carbocycles. The summed E-state index contributed by atoms with van der Waals surface area (Å²) in [6, 6.07) is 22.1. The van der Waals surface area contributed by atoms with Gasteiger partial charge in [0.05, 0.1) is 78.7 Å². The van der Waals surface area contributed by atoms with Crippen LogP contribution in [0.4, 0.5) is 8.78 Å². The number of likely N-dealkylation sites (tertiary alicyclic amines) is 1. The molecule has 80 heavy (non-hydrogen) atoms. The molecule has 2 aliphatic heterocycles. The van der Waals surface area contributed by atoms with Gasteiger partial charge in [-0.1, -0.05) is 87.3 Å². The third kappa shape index (κ3) is 15.7. The summed E-state index contributed by atoms with van der Waals surface area (Å²) in [5.74, 6) is -2.20. The molecule has 16 nitrogen and oxygen atoms in total. The number of carbonyl (C=O) groups is 4. The van der Waals surface area contributed by atoms with E-state index >= 15 is 0 Å². The first-order valence-electron chi connectivity index (χ1n) is 26.8. The fourth-order valence-corrected chi connectivity index (χ4v) is 10.5. The van der Waals surface area contributed by atoms with Crippen LogP contribution in [0.15, 0.2) is 102 Å². The molecule has 4 heterocycles. The van der Waals surface area contributed by atoms with Gasteiger partial charge in [0.25, 0.3) is 5.91 Å². The summed E-state index contributed by atoms with van der Waals surface area (Å²) in [6.07, 6.45) is 3.62. The van der Waals surface area contributed by atoms with E-state index in [1.54, 1.807) is 47.9 Å². The summed E-state index contributed by atoms with van der Waals surface area (Å²) < 4.78 is 46.9. The van der Waals surface area contributed by atoms with Crippen LogP contribution in [-0.4, -0.2) is 125 Å². The molecule has 4 amide bonds. The number of thiazole rings is 1. The number of carbonyl (C=O) groups excluding carboxylic acids is 4. The summed E-state index contributed by atoms with van der Waals surface area (Å²) in [5, 5.41) is 19.7. The van der Waals surface area contributed by atoms with Crippen LogP contribution in [0.1, 0.15) is 103 Å². The number of halogens is 3. The molecule has 3 atom stereocenters. The number of hydrogen-bond acceptors (Lipinski definition) is 13. The predicted molar refractivity (Wildman–Crippen MR) is 302 cm³/mol. The number of unbranched alkanes of at least 4 members (excludes halogenated alkanes) is 2. The van der Waals surface area contributed by atoms with Crippen LogP contribution < -0.4 is 16.0 Å². The lowest BCUT2D eigenvalue weighted by molar-refractivity contribution is -0.144. The zero-order valence-corrected chi connectivity index (χ0v) is 46.9. The molecule has 20 heteroatoms. The van der Waals surface area contributed by atoms with E-state index in [1.165, 1.54) is 23.1 Å². The number of rotatable bonds is 25. The Bertz CT molecular complexity index is 3130. The first-order valence-corrected chi connectivity index (χ1v) is 28.1. The first kappa shape index (κ1) is 59.3. The molecule has 8 rings (SSSR count). The van der Waals surface area contributed by atoms with Gasteiger partial charge in [0.1, 0.15) is 29.5 Å². The maximum absolute atomic E-state index is 15.0. The summed E-state index contributed by atoms with van der Waals surface area (Å²) in [5.41, 5.74) is 7.74. The topological polar surface area (TPSA) is 207 Å². The third-order valence-corrected chi connectivity index (χ3v) is 15.0. The van der Waals surface area contributed by atoms with E-state index in [0.29, 0.717) is 97.8 Å². The molecule has 422 valence electrons. The molecular formula is C60H67ClF2N8O8S. The van der Waals surface area contributed by atoms with E-state index in [-0.39, 0.29) is 61.5 Å². The lowest BCUT2D eigenvalue weighted by Gasteiger charge is -2.35. The van der Waals surface area contributed by atoms with E-state index in [1.807, 2.05) is 69.6 Å². The zero-order valence-electron chi connectivity index (χ0n) is 45.4. The number of aliphatic hydroxyl groups is 1. The van der Waals surface area contributed by atoms with E-state index in [2.05, 4.69) is 30.9 Å². The average molecular weight is 1130 g/mol. The monoisotopic (exact) mass is 1130 g/mol.